The second kappa shape index (κ2) is 10.5. The van der Waals surface area contributed by atoms with Crippen molar-refractivity contribution in [3.05, 3.63) is 76.2 Å². The van der Waals surface area contributed by atoms with Crippen LogP contribution in [0, 0.1) is 5.92 Å². The molecule has 0 aliphatic heterocycles. The Morgan fingerprint density at radius 1 is 1.15 bits per heavy atom. The quantitative estimate of drug-likeness (QED) is 0.319. The first kappa shape index (κ1) is 23.5. The lowest BCUT2D eigenvalue weighted by Crippen LogP contribution is -2.19. The smallest absolute Gasteiger partial charge is 0.356 e. The molecule has 0 radical (unpaired) electrons. The lowest BCUT2D eigenvalue weighted by atomic mass is 10.1. The van der Waals surface area contributed by atoms with Crippen molar-refractivity contribution < 1.29 is 14.3 Å². The molecule has 0 unspecified atom stereocenters. The van der Waals surface area contributed by atoms with Gasteiger partial charge in [0.05, 0.1) is 31.1 Å². The summed E-state index contributed by atoms with van der Waals surface area (Å²) in [6, 6.07) is 13.5. The summed E-state index contributed by atoms with van der Waals surface area (Å²) in [4.78, 5) is 30.5. The number of thiophene rings is 1. The highest BCUT2D eigenvalue weighted by molar-refractivity contribution is 7.07. The number of aromatic nitrogens is 2. The maximum absolute atomic E-state index is 13.0. The maximum atomic E-state index is 13.0. The van der Waals surface area contributed by atoms with Crippen LogP contribution in [0.4, 0.5) is 11.4 Å². The molecule has 176 valence electrons. The molecular weight excluding hydrogens is 448 g/mol. The van der Waals surface area contributed by atoms with Crippen molar-refractivity contribution in [3.63, 3.8) is 0 Å². The molecule has 0 saturated carbocycles. The molecule has 8 heteroatoms. The summed E-state index contributed by atoms with van der Waals surface area (Å²) in [6.07, 6.45) is 1.95. The van der Waals surface area contributed by atoms with Gasteiger partial charge in [0.2, 0.25) is 5.91 Å². The van der Waals surface area contributed by atoms with Crippen molar-refractivity contribution in [1.29, 1.82) is 0 Å². The number of anilines is 2. The SMILES string of the molecule is COC(=O)c1c(NC(=O)Cc2ccccc2)c2cc(NCc3ccsc3)cnc2n1CC(C)C. The van der Waals surface area contributed by atoms with Gasteiger partial charge in [-0.2, -0.15) is 11.3 Å². The first-order chi connectivity index (χ1) is 16.5. The number of esters is 1. The number of nitrogens with one attached hydrogen (secondary N) is 2. The normalized spacial score (nSPS) is 11.1. The summed E-state index contributed by atoms with van der Waals surface area (Å²) in [5, 5.41) is 11.2. The van der Waals surface area contributed by atoms with Gasteiger partial charge in [-0.1, -0.05) is 44.2 Å². The first-order valence-electron chi connectivity index (χ1n) is 11.2. The molecule has 0 aliphatic rings. The molecule has 34 heavy (non-hydrogen) atoms. The van der Waals surface area contributed by atoms with Gasteiger partial charge >= 0.3 is 5.97 Å². The number of methoxy groups -OCH3 is 1. The molecule has 3 heterocycles. The number of pyridine rings is 1. The fourth-order valence-corrected chi connectivity index (χ4v) is 4.53. The van der Waals surface area contributed by atoms with Crippen LogP contribution in [0.25, 0.3) is 11.0 Å². The zero-order valence-electron chi connectivity index (χ0n) is 19.5. The Balaban J connectivity index is 1.75. The van der Waals surface area contributed by atoms with Crippen molar-refractivity contribution in [3.8, 4) is 0 Å². The lowest BCUT2D eigenvalue weighted by Gasteiger charge is -2.12. The van der Waals surface area contributed by atoms with Gasteiger partial charge in [-0.15, -0.1) is 0 Å². The molecule has 2 N–H and O–H groups in total. The van der Waals surface area contributed by atoms with Gasteiger partial charge in [0.1, 0.15) is 5.65 Å². The summed E-state index contributed by atoms with van der Waals surface area (Å²) in [6.45, 7) is 5.35. The minimum Gasteiger partial charge on any atom is -0.464 e. The van der Waals surface area contributed by atoms with Crippen molar-refractivity contribution in [2.75, 3.05) is 17.7 Å². The number of hydrogen-bond donors (Lipinski definition) is 2. The van der Waals surface area contributed by atoms with E-state index >= 15 is 0 Å². The van der Waals surface area contributed by atoms with Crippen LogP contribution in [-0.4, -0.2) is 28.5 Å². The fourth-order valence-electron chi connectivity index (χ4n) is 3.86. The van der Waals surface area contributed by atoms with Gasteiger partial charge in [-0.3, -0.25) is 4.79 Å². The van der Waals surface area contributed by atoms with E-state index in [1.807, 2.05) is 46.3 Å². The number of carbonyl (C=O) groups excluding carboxylic acids is 2. The van der Waals surface area contributed by atoms with E-state index in [0.29, 0.717) is 35.5 Å². The first-order valence-corrected chi connectivity index (χ1v) is 12.1. The zero-order valence-corrected chi connectivity index (χ0v) is 20.3. The second-order valence-electron chi connectivity index (χ2n) is 8.51. The number of fused-ring (bicyclic) bond motifs is 1. The molecular formula is C26H28N4O3S. The van der Waals surface area contributed by atoms with Crippen molar-refractivity contribution >= 4 is 45.6 Å². The Kier molecular flexibility index (Phi) is 7.27. The molecule has 1 aromatic carbocycles. The molecule has 0 fully saturated rings. The van der Waals surface area contributed by atoms with Gasteiger partial charge < -0.3 is 19.9 Å². The highest BCUT2D eigenvalue weighted by atomic mass is 32.1. The fraction of sp³-hybridized carbons (Fsp3) is 0.269. The third-order valence-electron chi connectivity index (χ3n) is 5.37. The number of rotatable bonds is 9. The molecule has 0 saturated heterocycles. The van der Waals surface area contributed by atoms with Crippen molar-refractivity contribution in [1.82, 2.24) is 9.55 Å². The van der Waals surface area contributed by atoms with Crippen molar-refractivity contribution in [2.45, 2.75) is 33.4 Å². The number of hydrogen-bond acceptors (Lipinski definition) is 6. The van der Waals surface area contributed by atoms with Crippen LogP contribution in [0.15, 0.2) is 59.4 Å². The highest BCUT2D eigenvalue weighted by Gasteiger charge is 2.26. The van der Waals surface area contributed by atoms with Gasteiger partial charge in [0, 0.05) is 18.5 Å². The molecule has 7 nitrogen and oxygen atoms in total. The average molecular weight is 477 g/mol. The molecule has 1 amide bonds. The van der Waals surface area contributed by atoms with E-state index in [2.05, 4.69) is 40.9 Å². The molecule has 4 rings (SSSR count). The molecule has 3 aromatic heterocycles. The number of carbonyl (C=O) groups is 2. The Morgan fingerprint density at radius 3 is 2.62 bits per heavy atom. The standard InChI is InChI=1S/C26H28N4O3S/c1-17(2)15-30-24(26(32)33-3)23(29-22(31)11-18-7-5-4-6-8-18)21-12-20(14-28-25(21)30)27-13-19-9-10-34-16-19/h4-10,12,14,16-17,27H,11,13,15H2,1-3H3,(H,29,31). The number of amides is 1. The minimum absolute atomic E-state index is 0.196. The molecule has 0 spiro atoms. The topological polar surface area (TPSA) is 85.2 Å². The Labute approximate surface area is 202 Å². The van der Waals surface area contributed by atoms with E-state index in [1.54, 1.807) is 17.5 Å². The Hall–Kier alpha value is -3.65. The van der Waals surface area contributed by atoms with Crippen LogP contribution in [-0.2, 0) is 29.0 Å². The van der Waals surface area contributed by atoms with E-state index in [9.17, 15) is 9.59 Å². The predicted molar refractivity (Wildman–Crippen MR) is 136 cm³/mol. The maximum Gasteiger partial charge on any atom is 0.356 e. The van der Waals surface area contributed by atoms with Crippen LogP contribution >= 0.6 is 11.3 Å². The summed E-state index contributed by atoms with van der Waals surface area (Å²) < 4.78 is 6.94. The molecule has 0 bridgehead atoms. The van der Waals surface area contributed by atoms with E-state index in [1.165, 1.54) is 12.7 Å². The third-order valence-corrected chi connectivity index (χ3v) is 6.11. The minimum atomic E-state index is -0.513. The van der Waals surface area contributed by atoms with Crippen LogP contribution in [0.2, 0.25) is 0 Å². The lowest BCUT2D eigenvalue weighted by molar-refractivity contribution is -0.115. The second-order valence-corrected chi connectivity index (χ2v) is 9.29. The zero-order chi connectivity index (χ0) is 24.1. The van der Waals surface area contributed by atoms with Crippen LogP contribution in [0.3, 0.4) is 0 Å². The number of nitrogens with zero attached hydrogens (tertiary/aromatic N) is 2. The summed E-state index contributed by atoms with van der Waals surface area (Å²) >= 11 is 1.65. The largest absolute Gasteiger partial charge is 0.464 e. The van der Waals surface area contributed by atoms with Crippen LogP contribution in [0.5, 0.6) is 0 Å². The van der Waals surface area contributed by atoms with Crippen LogP contribution < -0.4 is 10.6 Å². The van der Waals surface area contributed by atoms with E-state index in [-0.39, 0.29) is 18.2 Å². The van der Waals surface area contributed by atoms with E-state index in [0.717, 1.165) is 11.3 Å². The molecule has 0 atom stereocenters. The van der Waals surface area contributed by atoms with Gasteiger partial charge in [-0.05, 0) is 39.9 Å². The van der Waals surface area contributed by atoms with Crippen molar-refractivity contribution in [2.24, 2.45) is 5.92 Å². The van der Waals surface area contributed by atoms with Gasteiger partial charge in [0.15, 0.2) is 5.69 Å². The monoisotopic (exact) mass is 476 g/mol. The summed E-state index contributed by atoms with van der Waals surface area (Å²) in [5.74, 6) is -0.469. The average Bonchev–Trinajstić information content (AvgIpc) is 3.44. The summed E-state index contributed by atoms with van der Waals surface area (Å²) in [7, 11) is 1.34. The molecule has 4 aromatic rings. The third kappa shape index (κ3) is 5.28. The Morgan fingerprint density at radius 2 is 1.94 bits per heavy atom. The Bertz CT molecular complexity index is 1280. The van der Waals surface area contributed by atoms with E-state index < -0.39 is 5.97 Å². The predicted octanol–water partition coefficient (Wildman–Crippen LogP) is 5.33. The number of ether oxygens (including phenoxy) is 1. The number of benzene rings is 1. The summed E-state index contributed by atoms with van der Waals surface area (Å²) in [5.41, 5.74) is 4.22. The van der Waals surface area contributed by atoms with Gasteiger partial charge in [0.25, 0.3) is 0 Å². The highest BCUT2D eigenvalue weighted by Crippen LogP contribution is 2.33. The van der Waals surface area contributed by atoms with Crippen LogP contribution in [0.1, 0.15) is 35.5 Å². The molecule has 0 aliphatic carbocycles. The van der Waals surface area contributed by atoms with E-state index in [4.69, 9.17) is 4.74 Å². The van der Waals surface area contributed by atoms with Gasteiger partial charge in [-0.25, -0.2) is 9.78 Å².